The topological polar surface area (TPSA) is 84.0 Å². The number of fused-ring (bicyclic) bond motifs is 1. The third-order valence-electron chi connectivity index (χ3n) is 6.15. The quantitative estimate of drug-likeness (QED) is 0.273. The molecule has 7 nitrogen and oxygen atoms in total. The van der Waals surface area contributed by atoms with E-state index in [0.29, 0.717) is 18.6 Å². The molecule has 2 aromatic carbocycles. The largest absolute Gasteiger partial charge is 0.497 e. The van der Waals surface area contributed by atoms with Crippen LogP contribution in [0.15, 0.2) is 48.5 Å². The Morgan fingerprint density at radius 3 is 2.24 bits per heavy atom. The molecule has 1 saturated heterocycles. The van der Waals surface area contributed by atoms with Gasteiger partial charge in [0.25, 0.3) is 17.7 Å². The molecule has 0 unspecified atom stereocenters. The molecular formula is C24H21Br2ClN2O5. The Balaban J connectivity index is 1.71. The molecule has 0 N–H and O–H groups in total. The molecule has 1 aliphatic heterocycles. The summed E-state index contributed by atoms with van der Waals surface area (Å²) >= 11 is 13.4. The van der Waals surface area contributed by atoms with Crippen LogP contribution in [0.2, 0.25) is 5.02 Å². The van der Waals surface area contributed by atoms with Crippen molar-refractivity contribution in [1.82, 2.24) is 10.0 Å². The smallest absolute Gasteiger partial charge is 0.274 e. The molecule has 2 aliphatic rings. The monoisotopic (exact) mass is 610 g/mol. The predicted octanol–water partition coefficient (Wildman–Crippen LogP) is 4.51. The van der Waals surface area contributed by atoms with Crippen LogP contribution < -0.4 is 4.74 Å². The van der Waals surface area contributed by atoms with Crippen molar-refractivity contribution < 1.29 is 23.9 Å². The summed E-state index contributed by atoms with van der Waals surface area (Å²) < 4.78 is 5.18. The van der Waals surface area contributed by atoms with E-state index in [1.165, 1.54) is 19.2 Å². The molecule has 0 bridgehead atoms. The van der Waals surface area contributed by atoms with Gasteiger partial charge in [-0.3, -0.25) is 19.2 Å². The van der Waals surface area contributed by atoms with Crippen molar-refractivity contribution in [3.05, 3.63) is 64.7 Å². The first-order valence-corrected chi connectivity index (χ1v) is 12.8. The van der Waals surface area contributed by atoms with Gasteiger partial charge >= 0.3 is 0 Å². The first-order valence-electron chi connectivity index (χ1n) is 10.6. The standard InChI is InChI=1S/C24H21Br2ClN2O5/c1-34-14-6-4-5-13(9-14)21(30)12-28(22(31)15-7-2-3-8-20(15)27)29-23(32)16-10-18(25)19(26)11-17(16)24(29)33/h2-9,16-19H,10-12H2,1H3/t16-,17-,18+,19+/m1/s1. The zero-order valence-corrected chi connectivity index (χ0v) is 22.0. The highest BCUT2D eigenvalue weighted by atomic mass is 79.9. The van der Waals surface area contributed by atoms with Crippen LogP contribution in [0.5, 0.6) is 5.75 Å². The van der Waals surface area contributed by atoms with E-state index in [0.717, 1.165) is 10.0 Å². The predicted molar refractivity (Wildman–Crippen MR) is 133 cm³/mol. The van der Waals surface area contributed by atoms with E-state index >= 15 is 0 Å². The zero-order valence-electron chi connectivity index (χ0n) is 18.1. The molecule has 4 rings (SSSR count). The van der Waals surface area contributed by atoms with Crippen molar-refractivity contribution in [3.8, 4) is 5.75 Å². The van der Waals surface area contributed by atoms with Crippen molar-refractivity contribution >= 4 is 67.0 Å². The van der Waals surface area contributed by atoms with Gasteiger partial charge in [-0.2, -0.15) is 5.01 Å². The van der Waals surface area contributed by atoms with Gasteiger partial charge in [-0.25, -0.2) is 5.01 Å². The minimum absolute atomic E-state index is 0.0107. The summed E-state index contributed by atoms with van der Waals surface area (Å²) in [5, 5.41) is 1.94. The summed E-state index contributed by atoms with van der Waals surface area (Å²) in [4.78, 5) is 53.6. The molecule has 1 heterocycles. The van der Waals surface area contributed by atoms with Crippen LogP contribution in [0.4, 0.5) is 0 Å². The number of hydrogen-bond acceptors (Lipinski definition) is 5. The maximum absolute atomic E-state index is 13.6. The summed E-state index contributed by atoms with van der Waals surface area (Å²) in [6.45, 7) is -0.510. The number of ketones is 1. The molecule has 1 aliphatic carbocycles. The molecule has 2 aromatic rings. The van der Waals surface area contributed by atoms with E-state index in [1.54, 1.807) is 36.4 Å². The first kappa shape index (κ1) is 24.9. The Hall–Kier alpha value is -2.23. The van der Waals surface area contributed by atoms with Crippen LogP contribution in [0.1, 0.15) is 33.6 Å². The minimum Gasteiger partial charge on any atom is -0.497 e. The molecule has 1 saturated carbocycles. The lowest BCUT2D eigenvalue weighted by atomic mass is 9.81. The van der Waals surface area contributed by atoms with Crippen LogP contribution in [0.3, 0.4) is 0 Å². The molecule has 178 valence electrons. The lowest BCUT2D eigenvalue weighted by Crippen LogP contribution is -2.52. The lowest BCUT2D eigenvalue weighted by molar-refractivity contribution is -0.154. The summed E-state index contributed by atoms with van der Waals surface area (Å²) in [6.07, 6.45) is 0.888. The number of alkyl halides is 2. The van der Waals surface area contributed by atoms with Crippen LogP contribution in [-0.2, 0) is 9.59 Å². The van der Waals surface area contributed by atoms with Gasteiger partial charge in [0.15, 0.2) is 5.78 Å². The lowest BCUT2D eigenvalue weighted by Gasteiger charge is -2.30. The Bertz CT molecular complexity index is 1130. The van der Waals surface area contributed by atoms with Crippen molar-refractivity contribution in [1.29, 1.82) is 0 Å². The van der Waals surface area contributed by atoms with Crippen LogP contribution in [0.25, 0.3) is 0 Å². The first-order chi connectivity index (χ1) is 16.2. The average Bonchev–Trinajstić information content (AvgIpc) is 3.06. The molecule has 0 aromatic heterocycles. The second kappa shape index (κ2) is 10.2. The van der Waals surface area contributed by atoms with E-state index in [-0.39, 0.29) is 25.8 Å². The third-order valence-corrected chi connectivity index (χ3v) is 9.22. The molecule has 34 heavy (non-hydrogen) atoms. The van der Waals surface area contributed by atoms with Gasteiger partial charge in [-0.05, 0) is 37.1 Å². The molecule has 4 atom stereocenters. The number of carbonyl (C=O) groups excluding carboxylic acids is 4. The van der Waals surface area contributed by atoms with Gasteiger partial charge < -0.3 is 4.74 Å². The second-order valence-corrected chi connectivity index (χ2v) is 11.0. The summed E-state index contributed by atoms with van der Waals surface area (Å²) in [5.41, 5.74) is 0.378. The SMILES string of the molecule is COc1cccc(C(=O)CN(C(=O)c2ccccc2Cl)N2C(=O)[C@@H]3C[C@H](Br)[C@@H](Br)C[C@H]3C2=O)c1. The number of carbonyl (C=O) groups is 4. The molecule has 0 radical (unpaired) electrons. The fourth-order valence-corrected chi connectivity index (χ4v) is 5.80. The number of hydrogen-bond donors (Lipinski definition) is 0. The molecule has 0 spiro atoms. The molecular weight excluding hydrogens is 592 g/mol. The number of hydrazine groups is 1. The van der Waals surface area contributed by atoms with Crippen molar-refractivity contribution in [3.63, 3.8) is 0 Å². The van der Waals surface area contributed by atoms with Crippen LogP contribution in [-0.4, -0.2) is 56.8 Å². The Labute approximate surface area is 218 Å². The Kier molecular flexibility index (Phi) is 7.45. The summed E-state index contributed by atoms with van der Waals surface area (Å²) in [6, 6.07) is 12.8. The maximum atomic E-state index is 13.6. The fraction of sp³-hybridized carbons (Fsp3) is 0.333. The van der Waals surface area contributed by atoms with E-state index in [1.807, 2.05) is 0 Å². The Morgan fingerprint density at radius 1 is 1.03 bits per heavy atom. The van der Waals surface area contributed by atoms with E-state index in [4.69, 9.17) is 16.3 Å². The third kappa shape index (κ3) is 4.65. The summed E-state index contributed by atoms with van der Waals surface area (Å²) in [5.74, 6) is -2.80. The normalized spacial score (nSPS) is 24.1. The molecule has 2 fully saturated rings. The Morgan fingerprint density at radius 2 is 1.65 bits per heavy atom. The van der Waals surface area contributed by atoms with Gasteiger partial charge in [0, 0.05) is 15.2 Å². The van der Waals surface area contributed by atoms with E-state index in [2.05, 4.69) is 31.9 Å². The van der Waals surface area contributed by atoms with Gasteiger partial charge in [-0.1, -0.05) is 67.7 Å². The fourth-order valence-electron chi connectivity index (χ4n) is 4.35. The highest BCUT2D eigenvalue weighted by Crippen LogP contribution is 2.43. The average molecular weight is 613 g/mol. The number of methoxy groups -OCH3 is 1. The van der Waals surface area contributed by atoms with Crippen molar-refractivity contribution in [2.75, 3.05) is 13.7 Å². The van der Waals surface area contributed by atoms with E-state index in [9.17, 15) is 19.2 Å². The summed E-state index contributed by atoms with van der Waals surface area (Å²) in [7, 11) is 1.48. The van der Waals surface area contributed by atoms with Crippen molar-refractivity contribution in [2.24, 2.45) is 11.8 Å². The van der Waals surface area contributed by atoms with E-state index < -0.39 is 41.9 Å². The number of amides is 3. The second-order valence-electron chi connectivity index (χ2n) is 8.20. The number of halogens is 3. The highest BCUT2D eigenvalue weighted by molar-refractivity contribution is 9.12. The van der Waals surface area contributed by atoms with Crippen LogP contribution in [0, 0.1) is 11.8 Å². The van der Waals surface area contributed by atoms with Crippen LogP contribution >= 0.6 is 43.5 Å². The molecule has 10 heteroatoms. The van der Waals surface area contributed by atoms with Gasteiger partial charge in [0.2, 0.25) is 0 Å². The number of Topliss-reactive ketones (excluding diaryl/α,β-unsaturated/α-hetero) is 1. The highest BCUT2D eigenvalue weighted by Gasteiger charge is 2.54. The number of rotatable bonds is 6. The number of imide groups is 1. The number of nitrogens with zero attached hydrogens (tertiary/aromatic N) is 2. The number of benzene rings is 2. The number of ether oxygens (including phenoxy) is 1. The van der Waals surface area contributed by atoms with Gasteiger partial charge in [0.1, 0.15) is 12.3 Å². The minimum atomic E-state index is -0.701. The van der Waals surface area contributed by atoms with Crippen molar-refractivity contribution in [2.45, 2.75) is 22.5 Å². The maximum Gasteiger partial charge on any atom is 0.274 e. The zero-order chi connectivity index (χ0) is 24.6. The molecule has 3 amide bonds. The van der Waals surface area contributed by atoms with Gasteiger partial charge in [0.05, 0.1) is 29.5 Å². The van der Waals surface area contributed by atoms with Gasteiger partial charge in [-0.15, -0.1) is 0 Å².